The first kappa shape index (κ1) is 12.8. The Morgan fingerprint density at radius 2 is 2.22 bits per heavy atom. The number of aromatic nitrogens is 3. The third-order valence-electron chi connectivity index (χ3n) is 2.67. The minimum atomic E-state index is 0.679. The van der Waals surface area contributed by atoms with Crippen molar-refractivity contribution in [3.8, 4) is 0 Å². The summed E-state index contributed by atoms with van der Waals surface area (Å²) in [6.45, 7) is 7.12. The van der Waals surface area contributed by atoms with Crippen molar-refractivity contribution >= 4 is 0 Å². The van der Waals surface area contributed by atoms with Gasteiger partial charge in [-0.2, -0.15) is 0 Å². The Labute approximate surface area is 108 Å². The number of nitrogens with zero attached hydrogens (tertiary/aromatic N) is 3. The highest BCUT2D eigenvalue weighted by Gasteiger charge is 1.98. The van der Waals surface area contributed by atoms with Gasteiger partial charge in [0, 0.05) is 25.1 Å². The lowest BCUT2D eigenvalue weighted by atomic mass is 10.2. The molecule has 0 unspecified atom stereocenters. The van der Waals surface area contributed by atoms with Crippen molar-refractivity contribution in [3.63, 3.8) is 0 Å². The van der Waals surface area contributed by atoms with Crippen molar-refractivity contribution in [1.82, 2.24) is 19.9 Å². The molecule has 96 valence electrons. The van der Waals surface area contributed by atoms with Crippen molar-refractivity contribution < 1.29 is 0 Å². The van der Waals surface area contributed by atoms with Crippen molar-refractivity contribution in [3.05, 3.63) is 48.3 Å². The molecule has 2 heterocycles. The Morgan fingerprint density at radius 3 is 2.83 bits per heavy atom. The minimum Gasteiger partial charge on any atom is -0.331 e. The molecule has 0 aliphatic carbocycles. The van der Waals surface area contributed by atoms with Gasteiger partial charge in [-0.15, -0.1) is 0 Å². The molecule has 4 nitrogen and oxygen atoms in total. The van der Waals surface area contributed by atoms with Crippen LogP contribution < -0.4 is 5.32 Å². The maximum atomic E-state index is 4.46. The molecule has 0 aliphatic heterocycles. The summed E-state index contributed by atoms with van der Waals surface area (Å²) in [4.78, 5) is 8.48. The zero-order chi connectivity index (χ0) is 12.8. The predicted octanol–water partition coefficient (Wildman–Crippen LogP) is 2.07. The molecule has 0 atom stereocenters. The second kappa shape index (κ2) is 6.31. The van der Waals surface area contributed by atoms with E-state index in [0.717, 1.165) is 25.3 Å². The highest BCUT2D eigenvalue weighted by atomic mass is 15.0. The molecule has 0 radical (unpaired) electrons. The third-order valence-corrected chi connectivity index (χ3v) is 2.67. The molecule has 0 saturated heterocycles. The first-order valence-corrected chi connectivity index (χ1v) is 6.34. The summed E-state index contributed by atoms with van der Waals surface area (Å²) >= 11 is 0. The van der Waals surface area contributed by atoms with Gasteiger partial charge in [0.1, 0.15) is 0 Å². The fraction of sp³-hybridized carbons (Fsp3) is 0.429. The van der Waals surface area contributed by atoms with Crippen LogP contribution in [-0.2, 0) is 13.1 Å². The molecule has 1 N–H and O–H groups in total. The first-order chi connectivity index (χ1) is 8.74. The zero-order valence-corrected chi connectivity index (χ0v) is 11.0. The number of rotatable bonds is 6. The molecule has 18 heavy (non-hydrogen) atoms. The summed E-state index contributed by atoms with van der Waals surface area (Å²) < 4.78 is 2.01. The Bertz CT molecular complexity index is 445. The lowest BCUT2D eigenvalue weighted by molar-refractivity contribution is 0.551. The van der Waals surface area contributed by atoms with Gasteiger partial charge >= 0.3 is 0 Å². The van der Waals surface area contributed by atoms with E-state index in [4.69, 9.17) is 0 Å². The molecule has 2 aromatic heterocycles. The van der Waals surface area contributed by atoms with Gasteiger partial charge in [-0.05, 0) is 24.1 Å². The number of pyridine rings is 1. The molecular formula is C14H20N4. The molecule has 0 fully saturated rings. The van der Waals surface area contributed by atoms with Gasteiger partial charge in [0.15, 0.2) is 0 Å². The molecule has 2 rings (SSSR count). The predicted molar refractivity (Wildman–Crippen MR) is 72.1 cm³/mol. The van der Waals surface area contributed by atoms with E-state index in [2.05, 4.69) is 41.3 Å². The number of hydrogen-bond donors (Lipinski definition) is 1. The maximum absolute atomic E-state index is 4.46. The molecular weight excluding hydrogens is 224 g/mol. The monoisotopic (exact) mass is 244 g/mol. The summed E-state index contributed by atoms with van der Waals surface area (Å²) in [6.07, 6.45) is 7.48. The highest BCUT2D eigenvalue weighted by molar-refractivity contribution is 5.14. The van der Waals surface area contributed by atoms with Crippen LogP contribution in [0.5, 0.6) is 0 Å². The summed E-state index contributed by atoms with van der Waals surface area (Å²) in [6, 6.07) is 4.21. The number of hydrogen-bond acceptors (Lipinski definition) is 3. The summed E-state index contributed by atoms with van der Waals surface area (Å²) in [7, 11) is 0. The SMILES string of the molecule is CC(C)CNCc1ccc(Cn2ccnc2)nc1. The smallest absolute Gasteiger partial charge is 0.0949 e. The van der Waals surface area contributed by atoms with Crippen LogP contribution in [0.2, 0.25) is 0 Å². The van der Waals surface area contributed by atoms with E-state index in [1.54, 1.807) is 12.5 Å². The molecule has 0 aromatic carbocycles. The van der Waals surface area contributed by atoms with Crippen LogP contribution in [-0.4, -0.2) is 21.1 Å². The van der Waals surface area contributed by atoms with Gasteiger partial charge in [0.25, 0.3) is 0 Å². The average molecular weight is 244 g/mol. The van der Waals surface area contributed by atoms with Crippen LogP contribution in [0.25, 0.3) is 0 Å². The fourth-order valence-electron chi connectivity index (χ4n) is 1.73. The van der Waals surface area contributed by atoms with Crippen LogP contribution in [0, 0.1) is 5.92 Å². The average Bonchev–Trinajstić information content (AvgIpc) is 2.84. The van der Waals surface area contributed by atoms with E-state index in [9.17, 15) is 0 Å². The summed E-state index contributed by atoms with van der Waals surface area (Å²) in [5.74, 6) is 0.679. The van der Waals surface area contributed by atoms with E-state index in [0.29, 0.717) is 5.92 Å². The van der Waals surface area contributed by atoms with Crippen molar-refractivity contribution in [2.75, 3.05) is 6.54 Å². The maximum Gasteiger partial charge on any atom is 0.0949 e. The van der Waals surface area contributed by atoms with Crippen LogP contribution >= 0.6 is 0 Å². The second-order valence-corrected chi connectivity index (χ2v) is 4.92. The Morgan fingerprint density at radius 1 is 1.33 bits per heavy atom. The van der Waals surface area contributed by atoms with E-state index in [-0.39, 0.29) is 0 Å². The molecule has 0 spiro atoms. The lowest BCUT2D eigenvalue weighted by Gasteiger charge is -2.08. The normalized spacial score (nSPS) is 11.1. The molecule has 0 amide bonds. The lowest BCUT2D eigenvalue weighted by Crippen LogP contribution is -2.19. The van der Waals surface area contributed by atoms with E-state index in [1.165, 1.54) is 5.56 Å². The quantitative estimate of drug-likeness (QED) is 0.846. The Kier molecular flexibility index (Phi) is 4.47. The van der Waals surface area contributed by atoms with Crippen molar-refractivity contribution in [1.29, 1.82) is 0 Å². The van der Waals surface area contributed by atoms with Gasteiger partial charge in [-0.1, -0.05) is 19.9 Å². The fourth-order valence-corrected chi connectivity index (χ4v) is 1.73. The highest BCUT2D eigenvalue weighted by Crippen LogP contribution is 2.03. The van der Waals surface area contributed by atoms with Gasteiger partial charge < -0.3 is 9.88 Å². The van der Waals surface area contributed by atoms with Crippen LogP contribution in [0.4, 0.5) is 0 Å². The third kappa shape index (κ3) is 3.96. The topological polar surface area (TPSA) is 42.7 Å². The summed E-state index contributed by atoms with van der Waals surface area (Å²) in [5.41, 5.74) is 2.28. The van der Waals surface area contributed by atoms with Gasteiger partial charge in [0.05, 0.1) is 18.6 Å². The van der Waals surface area contributed by atoms with Gasteiger partial charge in [-0.25, -0.2) is 4.98 Å². The standard InChI is InChI=1S/C14H20N4/c1-12(2)7-16-8-13-3-4-14(17-9-13)10-18-6-5-15-11-18/h3-6,9,11-12,16H,7-8,10H2,1-2H3. The molecule has 4 heteroatoms. The van der Waals surface area contributed by atoms with Crippen LogP contribution in [0.3, 0.4) is 0 Å². The van der Waals surface area contributed by atoms with Crippen LogP contribution in [0.1, 0.15) is 25.1 Å². The second-order valence-electron chi connectivity index (χ2n) is 4.92. The number of imidazole rings is 1. The Balaban J connectivity index is 1.85. The number of nitrogens with one attached hydrogen (secondary N) is 1. The largest absolute Gasteiger partial charge is 0.331 e. The van der Waals surface area contributed by atoms with Gasteiger partial charge in [0.2, 0.25) is 0 Å². The van der Waals surface area contributed by atoms with E-state index in [1.807, 2.05) is 17.0 Å². The Hall–Kier alpha value is -1.68. The zero-order valence-electron chi connectivity index (χ0n) is 11.0. The molecule has 2 aromatic rings. The summed E-state index contributed by atoms with van der Waals surface area (Å²) in [5, 5.41) is 3.41. The van der Waals surface area contributed by atoms with E-state index >= 15 is 0 Å². The van der Waals surface area contributed by atoms with E-state index < -0.39 is 0 Å². The first-order valence-electron chi connectivity index (χ1n) is 6.34. The molecule has 0 aliphatic rings. The molecule has 0 saturated carbocycles. The van der Waals surface area contributed by atoms with Crippen LogP contribution in [0.15, 0.2) is 37.1 Å². The van der Waals surface area contributed by atoms with Crippen molar-refractivity contribution in [2.24, 2.45) is 5.92 Å². The van der Waals surface area contributed by atoms with Gasteiger partial charge in [-0.3, -0.25) is 4.98 Å². The molecule has 0 bridgehead atoms. The van der Waals surface area contributed by atoms with Crippen molar-refractivity contribution in [2.45, 2.75) is 26.9 Å². The minimum absolute atomic E-state index is 0.679.